The van der Waals surface area contributed by atoms with E-state index in [0.29, 0.717) is 35.5 Å². The molecule has 0 spiro atoms. The number of hydrogen-bond donors (Lipinski definition) is 0. The molecule has 1 saturated heterocycles. The summed E-state index contributed by atoms with van der Waals surface area (Å²) in [5, 5.41) is 0.485. The second-order valence-corrected chi connectivity index (χ2v) is 7.91. The maximum Gasteiger partial charge on any atom is 0.270 e. The van der Waals surface area contributed by atoms with Gasteiger partial charge in [0.1, 0.15) is 17.0 Å². The molecular weight excluding hydrogens is 368 g/mol. The zero-order valence-electron chi connectivity index (χ0n) is 17.4. The quantitative estimate of drug-likeness (QED) is 0.622. The molecule has 3 aromatic heterocycles. The molecule has 4 heterocycles. The molecular formula is C22H28N4O3. The highest BCUT2D eigenvalue weighted by molar-refractivity contribution is 5.98. The van der Waals surface area contributed by atoms with Gasteiger partial charge in [0, 0.05) is 39.0 Å². The predicted molar refractivity (Wildman–Crippen MR) is 113 cm³/mol. The number of carbonyl (C=O) groups is 1. The molecule has 7 nitrogen and oxygen atoms in total. The first-order chi connectivity index (χ1) is 14.0. The summed E-state index contributed by atoms with van der Waals surface area (Å²) < 4.78 is 8.68. The van der Waals surface area contributed by atoms with Crippen molar-refractivity contribution in [1.82, 2.24) is 18.9 Å². The minimum atomic E-state index is -0.139. The van der Waals surface area contributed by atoms with E-state index < -0.39 is 0 Å². The molecule has 3 aromatic rings. The Bertz CT molecular complexity index is 1110. The molecule has 1 aliphatic rings. The fraction of sp³-hybridized carbons (Fsp3) is 0.500. The normalized spacial score (nSPS) is 17.3. The molecule has 154 valence electrons. The van der Waals surface area contributed by atoms with Crippen LogP contribution in [0.25, 0.3) is 16.7 Å². The van der Waals surface area contributed by atoms with Gasteiger partial charge in [0.25, 0.3) is 11.5 Å². The zero-order valence-corrected chi connectivity index (χ0v) is 17.4. The van der Waals surface area contributed by atoms with Crippen LogP contribution in [-0.4, -0.2) is 51.1 Å². The van der Waals surface area contributed by atoms with E-state index in [9.17, 15) is 9.59 Å². The molecule has 0 bridgehead atoms. The van der Waals surface area contributed by atoms with Crippen LogP contribution >= 0.6 is 0 Å². The lowest BCUT2D eigenvalue weighted by Crippen LogP contribution is -2.42. The minimum Gasteiger partial charge on any atom is -0.385 e. The first-order valence-corrected chi connectivity index (χ1v) is 10.3. The van der Waals surface area contributed by atoms with Gasteiger partial charge in [0.05, 0.1) is 5.39 Å². The molecule has 1 fully saturated rings. The number of ether oxygens (including phenoxy) is 1. The number of fused-ring (bicyclic) bond motifs is 2. The highest BCUT2D eigenvalue weighted by Gasteiger charge is 2.28. The van der Waals surface area contributed by atoms with Gasteiger partial charge < -0.3 is 14.2 Å². The Morgan fingerprint density at radius 2 is 2.14 bits per heavy atom. The van der Waals surface area contributed by atoms with Crippen molar-refractivity contribution in [3.8, 4) is 0 Å². The Labute approximate surface area is 169 Å². The third-order valence-electron chi connectivity index (χ3n) is 5.90. The molecule has 0 radical (unpaired) electrons. The van der Waals surface area contributed by atoms with E-state index in [1.165, 1.54) is 0 Å². The number of rotatable bonds is 5. The van der Waals surface area contributed by atoms with Crippen LogP contribution in [0.4, 0.5) is 0 Å². The van der Waals surface area contributed by atoms with Crippen LogP contribution in [0.15, 0.2) is 29.2 Å². The van der Waals surface area contributed by atoms with Crippen molar-refractivity contribution in [3.05, 3.63) is 46.0 Å². The topological polar surface area (TPSA) is 68.8 Å². The number of aryl methyl sites for hydroxylation is 2. The molecule has 0 saturated carbocycles. The van der Waals surface area contributed by atoms with Crippen molar-refractivity contribution in [3.63, 3.8) is 0 Å². The summed E-state index contributed by atoms with van der Waals surface area (Å²) in [4.78, 5) is 33.3. The molecule has 1 aliphatic heterocycles. The van der Waals surface area contributed by atoms with E-state index in [1.54, 1.807) is 23.8 Å². The van der Waals surface area contributed by atoms with Gasteiger partial charge in [-0.25, -0.2) is 4.98 Å². The van der Waals surface area contributed by atoms with Crippen LogP contribution in [0.2, 0.25) is 0 Å². The summed E-state index contributed by atoms with van der Waals surface area (Å²) in [6, 6.07) is 5.72. The molecule has 0 aromatic carbocycles. The molecule has 0 aliphatic carbocycles. The molecule has 7 heteroatoms. The van der Waals surface area contributed by atoms with Crippen molar-refractivity contribution >= 4 is 22.6 Å². The molecule has 0 unspecified atom stereocenters. The van der Waals surface area contributed by atoms with Crippen molar-refractivity contribution in [2.75, 3.05) is 20.3 Å². The second kappa shape index (κ2) is 7.99. The van der Waals surface area contributed by atoms with Gasteiger partial charge in [0.15, 0.2) is 0 Å². The fourth-order valence-electron chi connectivity index (χ4n) is 4.28. The van der Waals surface area contributed by atoms with Gasteiger partial charge >= 0.3 is 0 Å². The largest absolute Gasteiger partial charge is 0.385 e. The number of piperidine rings is 1. The van der Waals surface area contributed by atoms with Gasteiger partial charge in [-0.05, 0) is 57.2 Å². The summed E-state index contributed by atoms with van der Waals surface area (Å²) in [6.07, 6.45) is 5.65. The summed E-state index contributed by atoms with van der Waals surface area (Å²) in [5.74, 6) is -0.0159. The van der Waals surface area contributed by atoms with Crippen LogP contribution in [0.1, 0.15) is 48.7 Å². The highest BCUT2D eigenvalue weighted by Crippen LogP contribution is 2.23. The van der Waals surface area contributed by atoms with Crippen LogP contribution in [0.3, 0.4) is 0 Å². The number of likely N-dealkylation sites (tertiary alicyclic amines) is 1. The van der Waals surface area contributed by atoms with Crippen LogP contribution in [0.5, 0.6) is 0 Å². The smallest absolute Gasteiger partial charge is 0.270 e. The van der Waals surface area contributed by atoms with Gasteiger partial charge in [-0.2, -0.15) is 0 Å². The Hall–Kier alpha value is -2.67. The standard InChI is InChI=1S/C22H28N4O3/c1-15-8-6-11-26-19(15)23-20-17(21(26)27)14-18(25(20)12-7-13-29-3)22(28)24-10-5-4-9-16(24)2/h6,8,11,14,16H,4-5,7,9-10,12-13H2,1-3H3/t16-/m0/s1. The zero-order chi connectivity index (χ0) is 20.5. The SMILES string of the molecule is COCCCn1c(C(=O)N2CCCC[C@@H]2C)cc2c(=O)n3cccc(C)c3nc21. The highest BCUT2D eigenvalue weighted by atomic mass is 16.5. The molecule has 1 atom stereocenters. The Kier molecular flexibility index (Phi) is 5.41. The lowest BCUT2D eigenvalue weighted by Gasteiger charge is -2.33. The van der Waals surface area contributed by atoms with Crippen LogP contribution < -0.4 is 5.56 Å². The van der Waals surface area contributed by atoms with Gasteiger partial charge in [-0.3, -0.25) is 14.0 Å². The first-order valence-electron chi connectivity index (χ1n) is 10.3. The van der Waals surface area contributed by atoms with Crippen molar-refractivity contribution in [2.45, 2.75) is 52.1 Å². The van der Waals surface area contributed by atoms with Gasteiger partial charge in [-0.1, -0.05) is 6.07 Å². The van der Waals surface area contributed by atoms with E-state index in [2.05, 4.69) is 6.92 Å². The summed E-state index contributed by atoms with van der Waals surface area (Å²) in [6.45, 7) is 5.95. The number of nitrogens with zero attached hydrogens (tertiary/aromatic N) is 4. The van der Waals surface area contributed by atoms with E-state index in [1.807, 2.05) is 28.5 Å². The van der Waals surface area contributed by atoms with E-state index in [0.717, 1.165) is 37.8 Å². The predicted octanol–water partition coefficient (Wildman–Crippen LogP) is 3.01. The molecule has 0 N–H and O–H groups in total. The molecule has 29 heavy (non-hydrogen) atoms. The summed E-state index contributed by atoms with van der Waals surface area (Å²) >= 11 is 0. The molecule has 1 amide bonds. The van der Waals surface area contributed by atoms with Crippen molar-refractivity contribution in [1.29, 1.82) is 0 Å². The third-order valence-corrected chi connectivity index (χ3v) is 5.90. The average Bonchev–Trinajstić information content (AvgIpc) is 3.08. The van der Waals surface area contributed by atoms with E-state index >= 15 is 0 Å². The number of pyridine rings is 1. The number of methoxy groups -OCH3 is 1. The average molecular weight is 396 g/mol. The number of hydrogen-bond acceptors (Lipinski definition) is 4. The number of carbonyl (C=O) groups excluding carboxylic acids is 1. The van der Waals surface area contributed by atoms with E-state index in [-0.39, 0.29) is 17.5 Å². The lowest BCUT2D eigenvalue weighted by atomic mass is 10.0. The Balaban J connectivity index is 1.90. The second-order valence-electron chi connectivity index (χ2n) is 7.91. The maximum absolute atomic E-state index is 13.4. The Morgan fingerprint density at radius 1 is 1.31 bits per heavy atom. The summed E-state index contributed by atoms with van der Waals surface area (Å²) in [5.41, 5.74) is 2.53. The van der Waals surface area contributed by atoms with E-state index in [4.69, 9.17) is 9.72 Å². The van der Waals surface area contributed by atoms with Gasteiger partial charge in [-0.15, -0.1) is 0 Å². The lowest BCUT2D eigenvalue weighted by molar-refractivity contribution is 0.0624. The van der Waals surface area contributed by atoms with Crippen LogP contribution in [-0.2, 0) is 11.3 Å². The van der Waals surface area contributed by atoms with Crippen LogP contribution in [0, 0.1) is 6.92 Å². The fourth-order valence-corrected chi connectivity index (χ4v) is 4.28. The minimum absolute atomic E-state index is 0.0159. The monoisotopic (exact) mass is 396 g/mol. The maximum atomic E-state index is 13.4. The molecule has 4 rings (SSSR count). The van der Waals surface area contributed by atoms with Crippen molar-refractivity contribution in [2.24, 2.45) is 0 Å². The number of aromatic nitrogens is 3. The first kappa shape index (κ1) is 19.6. The summed E-state index contributed by atoms with van der Waals surface area (Å²) in [7, 11) is 1.66. The third kappa shape index (κ3) is 3.44. The Morgan fingerprint density at radius 3 is 2.90 bits per heavy atom. The van der Waals surface area contributed by atoms with Crippen molar-refractivity contribution < 1.29 is 9.53 Å². The van der Waals surface area contributed by atoms with Gasteiger partial charge in [0.2, 0.25) is 0 Å². The number of amides is 1.